The third kappa shape index (κ3) is 4.38. The van der Waals surface area contributed by atoms with Crippen molar-refractivity contribution in [3.05, 3.63) is 0 Å². The number of nitrogens with zero attached hydrogens (tertiary/aromatic N) is 4. The van der Waals surface area contributed by atoms with Gasteiger partial charge < -0.3 is 20.0 Å². The first kappa shape index (κ1) is 21.2. The molecule has 0 bridgehead atoms. The van der Waals surface area contributed by atoms with Crippen LogP contribution in [0.2, 0.25) is 0 Å². The number of carbonyl (C=O) groups excluding carboxylic acids is 2. The van der Waals surface area contributed by atoms with Crippen molar-refractivity contribution in [1.29, 1.82) is 5.26 Å². The molecule has 156 valence electrons. The second kappa shape index (κ2) is 9.32. The van der Waals surface area contributed by atoms with Crippen LogP contribution in [0.5, 0.6) is 0 Å². The van der Waals surface area contributed by atoms with E-state index in [1.165, 1.54) is 6.42 Å². The lowest BCUT2D eigenvalue weighted by Gasteiger charge is -2.31. The minimum Gasteiger partial charge on any atom is -0.326 e. The molecule has 0 spiro atoms. The Morgan fingerprint density at radius 3 is 2.29 bits per heavy atom. The van der Waals surface area contributed by atoms with Crippen LogP contribution in [-0.4, -0.2) is 78.0 Å². The second-order valence-corrected chi connectivity index (χ2v) is 8.68. The molecule has 2 unspecified atom stereocenters. The first-order valence-electron chi connectivity index (χ1n) is 10.6. The smallest absolute Gasteiger partial charge is 0.320 e. The third-order valence-electron chi connectivity index (χ3n) is 6.91. The van der Waals surface area contributed by atoms with Crippen LogP contribution in [-0.2, 0) is 4.79 Å². The summed E-state index contributed by atoms with van der Waals surface area (Å²) >= 11 is 0. The Morgan fingerprint density at radius 2 is 1.64 bits per heavy atom. The fourth-order valence-corrected chi connectivity index (χ4v) is 5.44. The average molecular weight is 410 g/mol. The lowest BCUT2D eigenvalue weighted by molar-refractivity contribution is -0.130. The number of nitrogens with one attached hydrogen (secondary N) is 1. The molecule has 0 aromatic carbocycles. The van der Waals surface area contributed by atoms with Gasteiger partial charge in [0.05, 0.1) is 12.6 Å². The van der Waals surface area contributed by atoms with Crippen molar-refractivity contribution in [2.24, 2.45) is 11.8 Å². The van der Waals surface area contributed by atoms with Crippen molar-refractivity contribution in [2.45, 2.75) is 57.0 Å². The highest BCUT2D eigenvalue weighted by molar-refractivity contribution is 5.85. The number of urea groups is 1. The number of amides is 3. The Hall–Kier alpha value is -1.52. The van der Waals surface area contributed by atoms with E-state index in [-0.39, 0.29) is 30.4 Å². The van der Waals surface area contributed by atoms with Crippen molar-refractivity contribution < 1.29 is 9.59 Å². The lowest BCUT2D eigenvalue weighted by Crippen LogP contribution is -2.45. The molecule has 3 heterocycles. The number of hydrogen-bond acceptors (Lipinski definition) is 4. The molecular formula is C20H32ClN5O2. The van der Waals surface area contributed by atoms with E-state index in [1.54, 1.807) is 4.90 Å². The van der Waals surface area contributed by atoms with Gasteiger partial charge in [-0.3, -0.25) is 4.79 Å². The fourth-order valence-electron chi connectivity index (χ4n) is 5.44. The molecule has 0 aromatic heterocycles. The maximum absolute atomic E-state index is 12.7. The number of piperidine rings is 1. The predicted octanol–water partition coefficient (Wildman–Crippen LogP) is 1.83. The van der Waals surface area contributed by atoms with E-state index in [1.807, 2.05) is 4.90 Å². The Balaban J connectivity index is 0.00000225. The summed E-state index contributed by atoms with van der Waals surface area (Å²) in [4.78, 5) is 30.9. The van der Waals surface area contributed by atoms with E-state index in [4.69, 9.17) is 5.26 Å². The van der Waals surface area contributed by atoms with Gasteiger partial charge in [-0.15, -0.1) is 12.4 Å². The van der Waals surface area contributed by atoms with E-state index < -0.39 is 0 Å². The molecule has 28 heavy (non-hydrogen) atoms. The normalized spacial score (nSPS) is 32.0. The maximum atomic E-state index is 12.7. The van der Waals surface area contributed by atoms with Crippen LogP contribution in [0.3, 0.4) is 0 Å². The van der Waals surface area contributed by atoms with Gasteiger partial charge in [-0.1, -0.05) is 0 Å². The molecule has 4 rings (SSSR count). The van der Waals surface area contributed by atoms with Crippen molar-refractivity contribution >= 4 is 24.3 Å². The van der Waals surface area contributed by atoms with E-state index in [9.17, 15) is 9.59 Å². The number of hydrogen-bond donors (Lipinski definition) is 1. The summed E-state index contributed by atoms with van der Waals surface area (Å²) in [5.41, 5.74) is 0. The lowest BCUT2D eigenvalue weighted by atomic mass is 10.0. The fraction of sp³-hybridized carbons (Fsp3) is 0.850. The SMILES string of the molecule is Cl.N#CC1CCCN1C(=O)CNC1C[C@@H]2CN(C(=O)N3CCCCC3)C[C@@H]2C1. The number of carbonyl (C=O) groups is 2. The van der Waals surface area contributed by atoms with Crippen LogP contribution in [0.15, 0.2) is 0 Å². The van der Waals surface area contributed by atoms with E-state index in [2.05, 4.69) is 16.3 Å². The van der Waals surface area contributed by atoms with E-state index in [0.717, 1.165) is 64.7 Å². The summed E-state index contributed by atoms with van der Waals surface area (Å²) in [6.45, 7) is 4.61. The molecule has 1 N–H and O–H groups in total. The van der Waals surface area contributed by atoms with Gasteiger partial charge in [-0.25, -0.2) is 4.79 Å². The second-order valence-electron chi connectivity index (χ2n) is 8.68. The summed E-state index contributed by atoms with van der Waals surface area (Å²) in [7, 11) is 0. The zero-order valence-electron chi connectivity index (χ0n) is 16.5. The van der Waals surface area contributed by atoms with Gasteiger partial charge >= 0.3 is 6.03 Å². The highest BCUT2D eigenvalue weighted by Crippen LogP contribution is 2.38. The topological polar surface area (TPSA) is 79.7 Å². The molecule has 1 saturated carbocycles. The highest BCUT2D eigenvalue weighted by Gasteiger charge is 2.43. The summed E-state index contributed by atoms with van der Waals surface area (Å²) in [6.07, 6.45) is 7.34. The van der Waals surface area contributed by atoms with Crippen molar-refractivity contribution in [1.82, 2.24) is 20.0 Å². The molecule has 3 saturated heterocycles. The quantitative estimate of drug-likeness (QED) is 0.771. The van der Waals surface area contributed by atoms with Gasteiger partial charge in [0.15, 0.2) is 0 Å². The molecule has 0 aromatic rings. The number of halogens is 1. The van der Waals surface area contributed by atoms with Crippen LogP contribution >= 0.6 is 12.4 Å². The highest BCUT2D eigenvalue weighted by atomic mass is 35.5. The summed E-state index contributed by atoms with van der Waals surface area (Å²) < 4.78 is 0. The molecule has 3 amide bonds. The summed E-state index contributed by atoms with van der Waals surface area (Å²) in [5.74, 6) is 1.17. The number of fused-ring (bicyclic) bond motifs is 1. The van der Waals surface area contributed by atoms with E-state index >= 15 is 0 Å². The predicted molar refractivity (Wildman–Crippen MR) is 108 cm³/mol. The molecule has 4 atom stereocenters. The first-order chi connectivity index (χ1) is 13.2. The Bertz CT molecular complexity index is 604. The van der Waals surface area contributed by atoms with Crippen LogP contribution < -0.4 is 5.32 Å². The van der Waals surface area contributed by atoms with Crippen LogP contribution in [0.25, 0.3) is 0 Å². The zero-order valence-corrected chi connectivity index (χ0v) is 17.3. The molecule has 8 heteroatoms. The largest absolute Gasteiger partial charge is 0.326 e. The number of rotatable bonds is 3. The minimum absolute atomic E-state index is 0. The standard InChI is InChI=1S/C20H31N5O2.ClH/c21-11-18-5-4-8-25(18)19(26)12-22-17-9-15-13-24(14-16(15)10-17)20(27)23-6-2-1-3-7-23;/h15-18,22H,1-10,12-14H2;1H/t15-,16+,17?,18?;. The Kier molecular flexibility index (Phi) is 7.05. The van der Waals surface area contributed by atoms with Gasteiger partial charge in [-0.05, 0) is 56.8 Å². The summed E-state index contributed by atoms with van der Waals surface area (Å²) in [6, 6.07) is 2.59. The first-order valence-corrected chi connectivity index (χ1v) is 10.6. The van der Waals surface area contributed by atoms with Crippen molar-refractivity contribution in [3.63, 3.8) is 0 Å². The monoisotopic (exact) mass is 409 g/mol. The van der Waals surface area contributed by atoms with Crippen molar-refractivity contribution in [3.8, 4) is 6.07 Å². The molecule has 4 fully saturated rings. The van der Waals surface area contributed by atoms with Gasteiger partial charge in [0, 0.05) is 38.8 Å². The molecule has 0 radical (unpaired) electrons. The number of nitriles is 1. The average Bonchev–Trinajstić information content (AvgIpc) is 3.40. The van der Waals surface area contributed by atoms with Gasteiger partial charge in [0.25, 0.3) is 0 Å². The third-order valence-corrected chi connectivity index (χ3v) is 6.91. The van der Waals surface area contributed by atoms with Crippen LogP contribution in [0, 0.1) is 23.2 Å². The van der Waals surface area contributed by atoms with E-state index in [0.29, 0.717) is 31.0 Å². The maximum Gasteiger partial charge on any atom is 0.320 e. The van der Waals surface area contributed by atoms with Crippen LogP contribution in [0.1, 0.15) is 44.9 Å². The number of likely N-dealkylation sites (tertiary alicyclic amines) is 3. The minimum atomic E-state index is -0.239. The molecule has 3 aliphatic heterocycles. The zero-order chi connectivity index (χ0) is 18.8. The Labute approximate surface area is 173 Å². The molecule has 4 aliphatic rings. The summed E-state index contributed by atoms with van der Waals surface area (Å²) in [5, 5.41) is 12.6. The van der Waals surface area contributed by atoms with Gasteiger partial charge in [-0.2, -0.15) is 5.26 Å². The van der Waals surface area contributed by atoms with Gasteiger partial charge in [0.2, 0.25) is 5.91 Å². The molecular weight excluding hydrogens is 378 g/mol. The molecule has 1 aliphatic carbocycles. The Morgan fingerprint density at radius 1 is 0.964 bits per heavy atom. The van der Waals surface area contributed by atoms with Gasteiger partial charge in [0.1, 0.15) is 6.04 Å². The molecule has 7 nitrogen and oxygen atoms in total. The van der Waals surface area contributed by atoms with Crippen molar-refractivity contribution in [2.75, 3.05) is 39.3 Å². The van der Waals surface area contributed by atoms with Crippen LogP contribution in [0.4, 0.5) is 4.79 Å².